The molecule has 0 aliphatic heterocycles. The smallest absolute Gasteiger partial charge is 0.408 e. The Morgan fingerprint density at radius 3 is 2.23 bits per heavy atom. The highest BCUT2D eigenvalue weighted by molar-refractivity contribution is 5.95. The van der Waals surface area contributed by atoms with Gasteiger partial charge in [0, 0.05) is 24.4 Å². The van der Waals surface area contributed by atoms with Crippen LogP contribution in [-0.4, -0.2) is 38.3 Å². The highest BCUT2D eigenvalue weighted by Gasteiger charge is 2.20. The summed E-state index contributed by atoms with van der Waals surface area (Å²) in [6.07, 6.45) is 1.29. The molecule has 2 aromatic carbocycles. The summed E-state index contributed by atoms with van der Waals surface area (Å²) < 4.78 is 6.85. The highest BCUT2D eigenvalue weighted by Crippen LogP contribution is 2.06. The van der Waals surface area contributed by atoms with Crippen LogP contribution in [0, 0.1) is 0 Å². The van der Waals surface area contributed by atoms with Crippen LogP contribution in [0.2, 0.25) is 0 Å². The number of amides is 1. The average Bonchev–Trinajstić information content (AvgIpc) is 2.86. The molecule has 0 aliphatic rings. The first-order chi connectivity index (χ1) is 16.9. The first-order valence-electron chi connectivity index (χ1n) is 11.0. The lowest BCUT2D eigenvalue weighted by Crippen LogP contribution is -2.43. The average molecular weight is 479 g/mol. The van der Waals surface area contributed by atoms with Gasteiger partial charge in [0.1, 0.15) is 12.6 Å². The standard InChI is InChI=1S/C25H25N3O7/c29-21-14-16-27(25(34)28(21)22(30)19-11-5-2-6-12-19)15-8-7-13-20(23(31)32)26-24(33)35-17-18-9-3-1-4-10-18/h1-6,9-12,14,16,20H,7-8,13,15,17H2,(H,26,33)(H,31,32). The van der Waals surface area contributed by atoms with Crippen molar-refractivity contribution in [3.05, 3.63) is 105 Å². The van der Waals surface area contributed by atoms with Gasteiger partial charge in [-0.2, -0.15) is 4.57 Å². The Morgan fingerprint density at radius 1 is 0.914 bits per heavy atom. The van der Waals surface area contributed by atoms with E-state index >= 15 is 0 Å². The number of alkyl carbamates (subject to hydrolysis) is 1. The van der Waals surface area contributed by atoms with E-state index in [1.807, 2.05) is 6.07 Å². The van der Waals surface area contributed by atoms with Crippen LogP contribution in [0.15, 0.2) is 82.5 Å². The molecule has 0 spiro atoms. The number of carbonyl (C=O) groups excluding carboxylic acids is 2. The van der Waals surface area contributed by atoms with E-state index in [1.54, 1.807) is 42.5 Å². The molecule has 35 heavy (non-hydrogen) atoms. The first kappa shape index (κ1) is 25.2. The maximum atomic E-state index is 12.7. The SMILES string of the molecule is O=C(NC(CCCCn1ccc(=O)n(C(=O)c2ccccc2)c1=O)C(=O)O)OCc1ccccc1. The van der Waals surface area contributed by atoms with Crippen LogP contribution >= 0.6 is 0 Å². The number of carboxylic acid groups (broad SMARTS) is 1. The Bertz CT molecular complexity index is 1280. The molecule has 1 aromatic heterocycles. The van der Waals surface area contributed by atoms with Gasteiger partial charge in [-0.05, 0) is 37.0 Å². The van der Waals surface area contributed by atoms with E-state index in [4.69, 9.17) is 4.74 Å². The number of aromatic nitrogens is 2. The normalized spacial score (nSPS) is 11.4. The Labute approximate surface area is 200 Å². The van der Waals surface area contributed by atoms with Crippen molar-refractivity contribution < 1.29 is 24.2 Å². The van der Waals surface area contributed by atoms with Gasteiger partial charge in [-0.3, -0.25) is 9.59 Å². The summed E-state index contributed by atoms with van der Waals surface area (Å²) in [5.74, 6) is -1.93. The minimum Gasteiger partial charge on any atom is -0.480 e. The molecule has 1 unspecified atom stereocenters. The zero-order chi connectivity index (χ0) is 25.2. The summed E-state index contributed by atoms with van der Waals surface area (Å²) >= 11 is 0. The van der Waals surface area contributed by atoms with E-state index in [-0.39, 0.29) is 25.1 Å². The predicted octanol–water partition coefficient (Wildman–Crippen LogP) is 2.25. The lowest BCUT2D eigenvalue weighted by atomic mass is 10.1. The molecule has 182 valence electrons. The van der Waals surface area contributed by atoms with Gasteiger partial charge in [-0.25, -0.2) is 14.4 Å². The van der Waals surface area contributed by atoms with Gasteiger partial charge in [0.25, 0.3) is 11.5 Å². The van der Waals surface area contributed by atoms with Crippen molar-refractivity contribution in [3.63, 3.8) is 0 Å². The molecule has 10 nitrogen and oxygen atoms in total. The lowest BCUT2D eigenvalue weighted by molar-refractivity contribution is -0.139. The molecule has 0 radical (unpaired) electrons. The van der Waals surface area contributed by atoms with Crippen LogP contribution < -0.4 is 16.6 Å². The van der Waals surface area contributed by atoms with Gasteiger partial charge in [0.05, 0.1) is 0 Å². The number of carbonyl (C=O) groups is 3. The molecule has 0 bridgehead atoms. The predicted molar refractivity (Wildman–Crippen MR) is 126 cm³/mol. The first-order valence-corrected chi connectivity index (χ1v) is 11.0. The van der Waals surface area contributed by atoms with E-state index in [0.717, 1.165) is 11.6 Å². The number of hydrogen-bond donors (Lipinski definition) is 2. The topological polar surface area (TPSA) is 137 Å². The number of unbranched alkanes of at least 4 members (excludes halogenated alkanes) is 1. The molecule has 0 saturated carbocycles. The van der Waals surface area contributed by atoms with E-state index in [2.05, 4.69) is 5.32 Å². The summed E-state index contributed by atoms with van der Waals surface area (Å²) in [5.41, 5.74) is -0.529. The Balaban J connectivity index is 1.54. The fourth-order valence-corrected chi connectivity index (χ4v) is 3.38. The van der Waals surface area contributed by atoms with E-state index in [1.165, 1.54) is 22.9 Å². The monoisotopic (exact) mass is 479 g/mol. The Kier molecular flexibility index (Phi) is 8.71. The van der Waals surface area contributed by atoms with Gasteiger partial charge in [0.15, 0.2) is 0 Å². The van der Waals surface area contributed by atoms with Crippen molar-refractivity contribution in [2.24, 2.45) is 0 Å². The zero-order valence-electron chi connectivity index (χ0n) is 18.8. The molecular weight excluding hydrogens is 454 g/mol. The number of aryl methyl sites for hydroxylation is 1. The fraction of sp³-hybridized carbons (Fsp3) is 0.240. The van der Waals surface area contributed by atoms with E-state index < -0.39 is 35.3 Å². The number of nitrogens with zero attached hydrogens (tertiary/aromatic N) is 2. The molecule has 3 rings (SSSR count). The maximum absolute atomic E-state index is 12.7. The Hall–Kier alpha value is -4.47. The molecule has 0 fully saturated rings. The van der Waals surface area contributed by atoms with Crippen molar-refractivity contribution in [1.82, 2.24) is 14.5 Å². The molecule has 0 aliphatic carbocycles. The Morgan fingerprint density at radius 2 is 1.57 bits per heavy atom. The number of aliphatic carboxylic acids is 1. The second-order valence-corrected chi connectivity index (χ2v) is 7.73. The van der Waals surface area contributed by atoms with Crippen molar-refractivity contribution in [2.45, 2.75) is 38.5 Å². The fourth-order valence-electron chi connectivity index (χ4n) is 3.38. The van der Waals surface area contributed by atoms with E-state index in [0.29, 0.717) is 17.4 Å². The van der Waals surface area contributed by atoms with Gasteiger partial charge in [-0.15, -0.1) is 0 Å². The summed E-state index contributed by atoms with van der Waals surface area (Å²) in [7, 11) is 0. The molecular formula is C25H25N3O7. The van der Waals surface area contributed by atoms with Crippen LogP contribution in [0.5, 0.6) is 0 Å². The largest absolute Gasteiger partial charge is 0.480 e. The van der Waals surface area contributed by atoms with Crippen LogP contribution in [-0.2, 0) is 22.7 Å². The third-order valence-electron chi connectivity index (χ3n) is 5.22. The van der Waals surface area contributed by atoms with Crippen molar-refractivity contribution in [2.75, 3.05) is 0 Å². The number of ether oxygens (including phenoxy) is 1. The second kappa shape index (κ2) is 12.1. The van der Waals surface area contributed by atoms with Crippen molar-refractivity contribution in [3.8, 4) is 0 Å². The number of benzene rings is 2. The zero-order valence-corrected chi connectivity index (χ0v) is 18.8. The molecule has 2 N–H and O–H groups in total. The van der Waals surface area contributed by atoms with Crippen LogP contribution in [0.3, 0.4) is 0 Å². The van der Waals surface area contributed by atoms with Gasteiger partial charge < -0.3 is 19.7 Å². The number of rotatable bonds is 10. The van der Waals surface area contributed by atoms with Crippen LogP contribution in [0.25, 0.3) is 0 Å². The van der Waals surface area contributed by atoms with Gasteiger partial charge in [0.2, 0.25) is 0 Å². The minimum atomic E-state index is -1.21. The number of hydrogen-bond acceptors (Lipinski definition) is 6. The molecule has 1 heterocycles. The summed E-state index contributed by atoms with van der Waals surface area (Å²) in [6, 6.07) is 16.9. The molecule has 3 aromatic rings. The second-order valence-electron chi connectivity index (χ2n) is 7.73. The van der Waals surface area contributed by atoms with E-state index in [9.17, 15) is 29.1 Å². The number of carboxylic acids is 1. The van der Waals surface area contributed by atoms with Crippen LogP contribution in [0.1, 0.15) is 35.2 Å². The summed E-state index contributed by atoms with van der Waals surface area (Å²) in [4.78, 5) is 61.0. The minimum absolute atomic E-state index is 0.0132. The maximum Gasteiger partial charge on any atom is 0.408 e. The van der Waals surface area contributed by atoms with Crippen LogP contribution in [0.4, 0.5) is 4.79 Å². The molecule has 0 saturated heterocycles. The lowest BCUT2D eigenvalue weighted by Gasteiger charge is -2.15. The third kappa shape index (κ3) is 7.00. The summed E-state index contributed by atoms with van der Waals surface area (Å²) in [6.45, 7) is 0.172. The number of nitrogens with one attached hydrogen (secondary N) is 1. The third-order valence-corrected chi connectivity index (χ3v) is 5.22. The molecule has 1 atom stereocenters. The van der Waals surface area contributed by atoms with Crippen molar-refractivity contribution >= 4 is 18.0 Å². The van der Waals surface area contributed by atoms with Gasteiger partial charge >= 0.3 is 17.8 Å². The quantitative estimate of drug-likeness (QED) is 0.426. The van der Waals surface area contributed by atoms with Crippen molar-refractivity contribution in [1.29, 1.82) is 0 Å². The van der Waals surface area contributed by atoms with Gasteiger partial charge in [-0.1, -0.05) is 48.5 Å². The summed E-state index contributed by atoms with van der Waals surface area (Å²) in [5, 5.41) is 11.7. The molecule has 10 heteroatoms. The molecule has 1 amide bonds. The highest BCUT2D eigenvalue weighted by atomic mass is 16.5.